The quantitative estimate of drug-likeness (QED) is 0.296. The Morgan fingerprint density at radius 2 is 1.87 bits per heavy atom. The van der Waals surface area contributed by atoms with Crippen molar-refractivity contribution in [2.24, 2.45) is 16.8 Å². The fraction of sp³-hybridized carbons (Fsp3) is 0.667. The lowest BCUT2D eigenvalue weighted by Crippen LogP contribution is -2.37. The van der Waals surface area contributed by atoms with E-state index in [0.29, 0.717) is 49.4 Å². The fourth-order valence-electron chi connectivity index (χ4n) is 4.83. The monoisotopic (exact) mass is 543 g/mol. The second-order valence-corrected chi connectivity index (χ2v) is 9.97. The number of carbonyl (C=O) groups is 1. The molecular formula is C27H41N7O5. The molecule has 12 heteroatoms. The van der Waals surface area contributed by atoms with Gasteiger partial charge in [0.1, 0.15) is 0 Å². The molecule has 39 heavy (non-hydrogen) atoms. The Morgan fingerprint density at radius 3 is 2.56 bits per heavy atom. The Bertz CT molecular complexity index is 1160. The molecule has 0 aromatic carbocycles. The zero-order valence-electron chi connectivity index (χ0n) is 23.3. The molecule has 2 aromatic rings. The fourth-order valence-corrected chi connectivity index (χ4v) is 4.83. The number of likely N-dealkylation sites (tertiary alicyclic amines) is 1. The molecule has 2 N–H and O–H groups in total. The van der Waals surface area contributed by atoms with Gasteiger partial charge in [-0.3, -0.25) is 14.4 Å². The van der Waals surface area contributed by atoms with Crippen LogP contribution in [0.4, 0.5) is 5.82 Å². The van der Waals surface area contributed by atoms with E-state index in [4.69, 9.17) is 24.7 Å². The van der Waals surface area contributed by atoms with Crippen LogP contribution in [-0.2, 0) is 20.8 Å². The molecule has 0 amide bonds. The third-order valence-electron chi connectivity index (χ3n) is 7.13. The molecule has 0 saturated carbocycles. The van der Waals surface area contributed by atoms with Crippen LogP contribution in [0.2, 0.25) is 0 Å². The van der Waals surface area contributed by atoms with E-state index in [0.717, 1.165) is 58.2 Å². The maximum atomic E-state index is 11.7. The Kier molecular flexibility index (Phi) is 10.3. The van der Waals surface area contributed by atoms with E-state index in [1.54, 1.807) is 7.11 Å². The standard InChI is InChI=1S/C27H41N7O5/c1-4-5-15-39-26-31-23(28)22-24(32-26)34(27(30-22)37-3)18-19-8-9-21(29-17-19)38-16-7-6-12-33-13-10-20(11-14-33)25(35)36-2/h8-9,19-20H,4-7,10-18H2,1-3H3,(H2,28,31,32). The van der Waals surface area contributed by atoms with Gasteiger partial charge in [0.05, 0.1) is 39.9 Å². The van der Waals surface area contributed by atoms with Crippen molar-refractivity contribution in [3.05, 3.63) is 12.2 Å². The summed E-state index contributed by atoms with van der Waals surface area (Å²) in [4.78, 5) is 32.0. The number of nitrogen functional groups attached to an aromatic ring is 1. The van der Waals surface area contributed by atoms with Gasteiger partial charge in [-0.2, -0.15) is 15.0 Å². The van der Waals surface area contributed by atoms with Gasteiger partial charge in [-0.25, -0.2) is 0 Å². The van der Waals surface area contributed by atoms with Crippen molar-refractivity contribution >= 4 is 28.8 Å². The Hall–Kier alpha value is -3.41. The van der Waals surface area contributed by atoms with E-state index < -0.39 is 0 Å². The van der Waals surface area contributed by atoms with Crippen molar-refractivity contribution < 1.29 is 23.7 Å². The third-order valence-corrected chi connectivity index (χ3v) is 7.13. The number of hydrogen-bond acceptors (Lipinski definition) is 11. The molecule has 0 bridgehead atoms. The summed E-state index contributed by atoms with van der Waals surface area (Å²) in [7, 11) is 3.04. The van der Waals surface area contributed by atoms with Crippen LogP contribution in [0.5, 0.6) is 12.0 Å². The number of fused-ring (bicyclic) bond motifs is 1. The van der Waals surface area contributed by atoms with Crippen molar-refractivity contribution in [3.8, 4) is 12.0 Å². The first-order valence-corrected chi connectivity index (χ1v) is 13.9. The number of dihydropyridines is 1. The minimum atomic E-state index is -0.0793. The number of aliphatic imine (C=N–C) groups is 1. The molecule has 2 aliphatic heterocycles. The van der Waals surface area contributed by atoms with Crippen LogP contribution in [0.25, 0.3) is 11.2 Å². The molecule has 2 aliphatic rings. The molecule has 1 saturated heterocycles. The minimum Gasteiger partial charge on any atom is -0.478 e. The molecule has 4 rings (SSSR count). The molecule has 0 spiro atoms. The van der Waals surface area contributed by atoms with Crippen LogP contribution in [-0.4, -0.2) is 89.9 Å². The average Bonchev–Trinajstić information content (AvgIpc) is 3.31. The smallest absolute Gasteiger partial charge is 0.320 e. The number of piperidine rings is 1. The summed E-state index contributed by atoms with van der Waals surface area (Å²) < 4.78 is 23.8. The van der Waals surface area contributed by atoms with Crippen molar-refractivity contribution in [3.63, 3.8) is 0 Å². The molecular weight excluding hydrogens is 502 g/mol. The second-order valence-electron chi connectivity index (χ2n) is 9.97. The summed E-state index contributed by atoms with van der Waals surface area (Å²) in [5, 5.41) is 0. The first kappa shape index (κ1) is 28.6. The average molecular weight is 544 g/mol. The Balaban J connectivity index is 1.22. The molecule has 0 aliphatic carbocycles. The molecule has 0 radical (unpaired) electrons. The summed E-state index contributed by atoms with van der Waals surface area (Å²) >= 11 is 0. The van der Waals surface area contributed by atoms with Gasteiger partial charge in [0.15, 0.2) is 17.0 Å². The van der Waals surface area contributed by atoms with Crippen LogP contribution < -0.4 is 15.2 Å². The van der Waals surface area contributed by atoms with Gasteiger partial charge < -0.3 is 29.6 Å². The van der Waals surface area contributed by atoms with Crippen LogP contribution in [0.3, 0.4) is 0 Å². The Morgan fingerprint density at radius 1 is 1.08 bits per heavy atom. The number of anilines is 1. The molecule has 1 atom stereocenters. The highest BCUT2D eigenvalue weighted by atomic mass is 16.5. The van der Waals surface area contributed by atoms with Gasteiger partial charge in [-0.15, -0.1) is 0 Å². The highest BCUT2D eigenvalue weighted by Gasteiger charge is 2.25. The summed E-state index contributed by atoms with van der Waals surface area (Å²) in [5.41, 5.74) is 7.23. The first-order chi connectivity index (χ1) is 19.0. The highest BCUT2D eigenvalue weighted by Crippen LogP contribution is 2.27. The Labute approximate surface area is 229 Å². The SMILES string of the molecule is CCCCOc1nc(N)c2nc(OC)n(CC3C=CC(OCCCCN4CCC(C(=O)OC)CC4)=NC3)c2n1. The lowest BCUT2D eigenvalue weighted by atomic mass is 9.97. The number of ether oxygens (including phenoxy) is 4. The number of unbranched alkanes of at least 4 members (excludes halogenated alkanes) is 2. The zero-order chi connectivity index (χ0) is 27.6. The zero-order valence-corrected chi connectivity index (χ0v) is 23.3. The normalized spacial score (nSPS) is 18.2. The highest BCUT2D eigenvalue weighted by molar-refractivity contribution is 5.88. The van der Waals surface area contributed by atoms with Crippen LogP contribution >= 0.6 is 0 Å². The summed E-state index contributed by atoms with van der Waals surface area (Å²) in [6, 6.07) is 0.668. The number of aromatic nitrogens is 4. The van der Waals surface area contributed by atoms with Gasteiger partial charge in [0, 0.05) is 12.5 Å². The third kappa shape index (κ3) is 7.59. The molecule has 1 fully saturated rings. The molecule has 214 valence electrons. The van der Waals surface area contributed by atoms with E-state index in [2.05, 4.69) is 37.8 Å². The van der Waals surface area contributed by atoms with Gasteiger partial charge >= 0.3 is 12.0 Å². The molecule has 2 aromatic heterocycles. The maximum absolute atomic E-state index is 11.7. The summed E-state index contributed by atoms with van der Waals surface area (Å²) in [6.07, 6.45) is 9.71. The van der Waals surface area contributed by atoms with E-state index >= 15 is 0 Å². The molecule has 4 heterocycles. The number of esters is 1. The number of methoxy groups -OCH3 is 2. The second kappa shape index (κ2) is 14.1. The lowest BCUT2D eigenvalue weighted by Gasteiger charge is -2.30. The molecule has 1 unspecified atom stereocenters. The summed E-state index contributed by atoms with van der Waals surface area (Å²) in [6.45, 7) is 7.32. The van der Waals surface area contributed by atoms with Gasteiger partial charge in [-0.1, -0.05) is 19.4 Å². The van der Waals surface area contributed by atoms with E-state index in [9.17, 15) is 4.79 Å². The summed E-state index contributed by atoms with van der Waals surface area (Å²) in [5.74, 6) is 1.02. The number of hydrogen-bond donors (Lipinski definition) is 1. The minimum absolute atomic E-state index is 0.0523. The van der Waals surface area contributed by atoms with Crippen molar-refractivity contribution in [2.75, 3.05) is 59.3 Å². The van der Waals surface area contributed by atoms with Gasteiger partial charge in [0.2, 0.25) is 5.90 Å². The molecule has 12 nitrogen and oxygen atoms in total. The van der Waals surface area contributed by atoms with E-state index in [1.807, 2.05) is 10.6 Å². The van der Waals surface area contributed by atoms with Crippen LogP contribution in [0.15, 0.2) is 17.1 Å². The number of nitrogens with two attached hydrogens (primary N) is 1. The van der Waals surface area contributed by atoms with Crippen molar-refractivity contribution in [1.29, 1.82) is 0 Å². The number of rotatable bonds is 13. The van der Waals surface area contributed by atoms with Crippen LogP contribution in [0, 0.1) is 11.8 Å². The van der Waals surface area contributed by atoms with Crippen LogP contribution in [0.1, 0.15) is 45.4 Å². The topological polar surface area (TPSA) is 139 Å². The number of imidazole rings is 1. The maximum Gasteiger partial charge on any atom is 0.320 e. The lowest BCUT2D eigenvalue weighted by molar-refractivity contribution is -0.147. The first-order valence-electron chi connectivity index (χ1n) is 13.9. The largest absolute Gasteiger partial charge is 0.478 e. The van der Waals surface area contributed by atoms with E-state index in [-0.39, 0.29) is 29.6 Å². The number of carbonyl (C=O) groups excluding carboxylic acids is 1. The number of nitrogens with zero attached hydrogens (tertiary/aromatic N) is 6. The van der Waals surface area contributed by atoms with Crippen molar-refractivity contribution in [1.82, 2.24) is 24.4 Å². The van der Waals surface area contributed by atoms with Gasteiger partial charge in [-0.05, 0) is 57.8 Å². The van der Waals surface area contributed by atoms with Gasteiger partial charge in [0.25, 0.3) is 6.01 Å². The predicted octanol–water partition coefficient (Wildman–Crippen LogP) is 2.86. The van der Waals surface area contributed by atoms with E-state index in [1.165, 1.54) is 7.11 Å². The van der Waals surface area contributed by atoms with Crippen molar-refractivity contribution in [2.45, 2.75) is 52.0 Å². The predicted molar refractivity (Wildman–Crippen MR) is 148 cm³/mol.